The van der Waals surface area contributed by atoms with Crippen molar-refractivity contribution in [3.8, 4) is 0 Å². The Balaban J connectivity index is 0.000000284. The smallest absolute Gasteiger partial charge is 0.275 e. The summed E-state index contributed by atoms with van der Waals surface area (Å²) in [6.45, 7) is 8.37. The number of fused-ring (bicyclic) bond motifs is 1. The van der Waals surface area contributed by atoms with E-state index in [0.717, 1.165) is 16.9 Å². The van der Waals surface area contributed by atoms with E-state index >= 15 is 0 Å². The molecule has 1 unspecified atom stereocenters. The minimum atomic E-state index is -0.0949. The van der Waals surface area contributed by atoms with Gasteiger partial charge in [-0.05, 0) is 38.1 Å². The highest BCUT2D eigenvalue weighted by molar-refractivity contribution is 5.79. The molecule has 1 atom stereocenters. The molecular weight excluding hydrogens is 354 g/mol. The number of hydrogen-bond acceptors (Lipinski definition) is 7. The standard InChI is InChI=1S/C11H13N3O.C9H22N4/c1-7(2)9-10-8(5-4-6-12-10)11(15)14(3)13-9;1-7(2)9(12(3)4)8(10)6-13(5)11/h4-7H,1-3H3;6-7,9H,10-11H2,1-5H3/b;8-6-. The molecule has 2 aromatic rings. The van der Waals surface area contributed by atoms with Crippen molar-refractivity contribution in [3.05, 3.63) is 46.3 Å². The summed E-state index contributed by atoms with van der Waals surface area (Å²) in [5, 5.41) is 6.36. The maximum absolute atomic E-state index is 11.8. The third kappa shape index (κ3) is 6.03. The molecule has 28 heavy (non-hydrogen) atoms. The summed E-state index contributed by atoms with van der Waals surface area (Å²) in [7, 11) is 7.46. The van der Waals surface area contributed by atoms with Crippen LogP contribution in [0.4, 0.5) is 0 Å². The molecule has 0 spiro atoms. The van der Waals surface area contributed by atoms with Crippen LogP contribution in [0.2, 0.25) is 0 Å². The van der Waals surface area contributed by atoms with Crippen molar-refractivity contribution >= 4 is 10.9 Å². The number of nitrogens with zero attached hydrogens (tertiary/aromatic N) is 5. The lowest BCUT2D eigenvalue weighted by Crippen LogP contribution is -2.39. The Morgan fingerprint density at radius 3 is 2.29 bits per heavy atom. The van der Waals surface area contributed by atoms with E-state index in [0.29, 0.717) is 11.3 Å². The second-order valence-corrected chi connectivity index (χ2v) is 7.82. The molecule has 0 saturated carbocycles. The van der Waals surface area contributed by atoms with Crippen molar-refractivity contribution in [1.82, 2.24) is 24.7 Å². The lowest BCUT2D eigenvalue weighted by atomic mass is 10.0. The van der Waals surface area contributed by atoms with Gasteiger partial charge >= 0.3 is 0 Å². The van der Waals surface area contributed by atoms with Gasteiger partial charge in [0.25, 0.3) is 5.56 Å². The monoisotopic (exact) mass is 389 g/mol. The quantitative estimate of drug-likeness (QED) is 0.591. The van der Waals surface area contributed by atoms with Crippen LogP contribution < -0.4 is 17.1 Å². The number of hydrazine groups is 1. The summed E-state index contributed by atoms with van der Waals surface area (Å²) in [5.74, 6) is 6.23. The molecule has 0 aliphatic heterocycles. The molecule has 2 rings (SSSR count). The Morgan fingerprint density at radius 1 is 1.21 bits per heavy atom. The molecule has 0 radical (unpaired) electrons. The van der Waals surface area contributed by atoms with Crippen molar-refractivity contribution in [3.63, 3.8) is 0 Å². The van der Waals surface area contributed by atoms with Crippen LogP contribution in [-0.2, 0) is 7.05 Å². The molecule has 156 valence electrons. The van der Waals surface area contributed by atoms with Crippen molar-refractivity contribution in [2.75, 3.05) is 21.1 Å². The highest BCUT2D eigenvalue weighted by Gasteiger charge is 2.18. The van der Waals surface area contributed by atoms with Crippen LogP contribution in [0.5, 0.6) is 0 Å². The van der Waals surface area contributed by atoms with Gasteiger partial charge in [0.2, 0.25) is 0 Å². The summed E-state index contributed by atoms with van der Waals surface area (Å²) < 4.78 is 1.37. The highest BCUT2D eigenvalue weighted by Crippen LogP contribution is 2.18. The number of hydrogen-bond donors (Lipinski definition) is 2. The average molecular weight is 390 g/mol. The van der Waals surface area contributed by atoms with Crippen LogP contribution in [0.3, 0.4) is 0 Å². The largest absolute Gasteiger partial charge is 0.400 e. The van der Waals surface area contributed by atoms with Gasteiger partial charge in [-0.15, -0.1) is 0 Å². The maximum atomic E-state index is 11.8. The number of aryl methyl sites for hydroxylation is 1. The third-order valence-electron chi connectivity index (χ3n) is 4.26. The molecule has 0 fully saturated rings. The van der Waals surface area contributed by atoms with Gasteiger partial charge in [0.15, 0.2) is 0 Å². The SMILES string of the molecule is CC(C)C(/C(N)=C/N(C)N)N(C)C.CC(C)c1nn(C)c(=O)c2cccnc12. The van der Waals surface area contributed by atoms with Crippen molar-refractivity contribution < 1.29 is 0 Å². The number of aromatic nitrogens is 3. The maximum Gasteiger partial charge on any atom is 0.275 e. The van der Waals surface area contributed by atoms with E-state index in [4.69, 9.17) is 11.6 Å². The Hall–Kier alpha value is -2.45. The topological polar surface area (TPSA) is 106 Å². The van der Waals surface area contributed by atoms with E-state index in [1.807, 2.05) is 27.9 Å². The second kappa shape index (κ2) is 10.2. The molecule has 0 aliphatic rings. The van der Waals surface area contributed by atoms with Gasteiger partial charge in [0, 0.05) is 32.2 Å². The summed E-state index contributed by atoms with van der Waals surface area (Å²) in [4.78, 5) is 18.1. The van der Waals surface area contributed by atoms with Gasteiger partial charge in [-0.25, -0.2) is 10.5 Å². The fourth-order valence-corrected chi connectivity index (χ4v) is 3.19. The van der Waals surface area contributed by atoms with E-state index in [1.165, 1.54) is 9.69 Å². The Kier molecular flexibility index (Phi) is 8.59. The molecular formula is C20H35N7O. The minimum absolute atomic E-state index is 0.0949. The number of nitrogens with two attached hydrogens (primary N) is 2. The van der Waals surface area contributed by atoms with Crippen LogP contribution in [-0.4, -0.2) is 51.9 Å². The summed E-state index contributed by atoms with van der Waals surface area (Å²) in [6, 6.07) is 3.80. The van der Waals surface area contributed by atoms with E-state index in [-0.39, 0.29) is 17.5 Å². The Bertz CT molecular complexity index is 845. The molecule has 0 bridgehead atoms. The highest BCUT2D eigenvalue weighted by atomic mass is 16.1. The first kappa shape index (κ1) is 23.6. The molecule has 0 aromatic carbocycles. The average Bonchev–Trinajstić information content (AvgIpc) is 2.57. The summed E-state index contributed by atoms with van der Waals surface area (Å²) >= 11 is 0. The van der Waals surface area contributed by atoms with Gasteiger partial charge in [0.05, 0.1) is 22.6 Å². The van der Waals surface area contributed by atoms with E-state index < -0.39 is 0 Å². The van der Waals surface area contributed by atoms with Crippen LogP contribution in [0.1, 0.15) is 39.3 Å². The van der Waals surface area contributed by atoms with E-state index in [2.05, 4.69) is 28.8 Å². The van der Waals surface area contributed by atoms with Crippen LogP contribution in [0.25, 0.3) is 10.9 Å². The van der Waals surface area contributed by atoms with Crippen LogP contribution in [0, 0.1) is 5.92 Å². The normalized spacial score (nSPS) is 13.1. The minimum Gasteiger partial charge on any atom is -0.400 e. The first-order valence-corrected chi connectivity index (χ1v) is 9.40. The predicted molar refractivity (Wildman–Crippen MR) is 115 cm³/mol. The van der Waals surface area contributed by atoms with Crippen LogP contribution >= 0.6 is 0 Å². The van der Waals surface area contributed by atoms with Gasteiger partial charge in [-0.2, -0.15) is 5.10 Å². The zero-order valence-corrected chi connectivity index (χ0v) is 18.3. The lowest BCUT2D eigenvalue weighted by molar-refractivity contribution is 0.261. The number of pyridine rings is 1. The van der Waals surface area contributed by atoms with Crippen molar-refractivity contribution in [2.45, 2.75) is 39.7 Å². The second-order valence-electron chi connectivity index (χ2n) is 7.82. The Morgan fingerprint density at radius 2 is 1.82 bits per heavy atom. The van der Waals surface area contributed by atoms with E-state index in [9.17, 15) is 4.79 Å². The molecule has 8 nitrogen and oxygen atoms in total. The van der Waals surface area contributed by atoms with Gasteiger partial charge in [-0.3, -0.25) is 9.78 Å². The predicted octanol–water partition coefficient (Wildman–Crippen LogP) is 1.63. The third-order valence-corrected chi connectivity index (χ3v) is 4.26. The van der Waals surface area contributed by atoms with Gasteiger partial charge in [0.1, 0.15) is 0 Å². The fraction of sp³-hybridized carbons (Fsp3) is 0.550. The zero-order chi connectivity index (χ0) is 21.6. The number of rotatable bonds is 5. The summed E-state index contributed by atoms with van der Waals surface area (Å²) in [5.41, 5.74) is 8.21. The molecule has 0 amide bonds. The molecule has 2 aromatic heterocycles. The fourth-order valence-electron chi connectivity index (χ4n) is 3.19. The first-order chi connectivity index (χ1) is 13.0. The van der Waals surface area contributed by atoms with Crippen molar-refractivity contribution in [2.24, 2.45) is 24.5 Å². The van der Waals surface area contributed by atoms with E-state index in [1.54, 1.807) is 38.6 Å². The van der Waals surface area contributed by atoms with Crippen molar-refractivity contribution in [1.29, 1.82) is 0 Å². The summed E-state index contributed by atoms with van der Waals surface area (Å²) in [6.07, 6.45) is 3.44. The molecule has 0 aliphatic carbocycles. The molecule has 2 heterocycles. The molecule has 4 N–H and O–H groups in total. The molecule has 8 heteroatoms. The zero-order valence-electron chi connectivity index (χ0n) is 18.3. The first-order valence-electron chi connectivity index (χ1n) is 9.40. The van der Waals surface area contributed by atoms with Gasteiger partial charge < -0.3 is 15.6 Å². The van der Waals surface area contributed by atoms with Crippen LogP contribution in [0.15, 0.2) is 35.0 Å². The number of likely N-dealkylation sites (N-methyl/N-ethyl adjacent to an activating group) is 1. The van der Waals surface area contributed by atoms with Gasteiger partial charge in [-0.1, -0.05) is 27.7 Å². The molecule has 0 saturated heterocycles. The Labute approximate surface area is 167 Å². The lowest BCUT2D eigenvalue weighted by Gasteiger charge is -2.28.